The third kappa shape index (κ3) is 6.19. The van der Waals surface area contributed by atoms with Crippen LogP contribution in [0.4, 0.5) is 10.5 Å². The second-order valence-corrected chi connectivity index (χ2v) is 6.59. The second kappa shape index (κ2) is 9.03. The van der Waals surface area contributed by atoms with Gasteiger partial charge >= 0.3 is 6.03 Å². The van der Waals surface area contributed by atoms with Gasteiger partial charge in [-0.2, -0.15) is 0 Å². The number of carbonyl (C=O) groups is 2. The molecule has 2 fully saturated rings. The van der Waals surface area contributed by atoms with E-state index in [1.54, 1.807) is 12.1 Å². The molecule has 2 aliphatic rings. The highest BCUT2D eigenvalue weighted by atomic mass is 35.5. The number of likely N-dealkylation sites (tertiary alicyclic amines) is 1. The van der Waals surface area contributed by atoms with Gasteiger partial charge in [-0.05, 0) is 31.0 Å². The average Bonchev–Trinajstić information content (AvgIpc) is 2.56. The van der Waals surface area contributed by atoms with Gasteiger partial charge in [0, 0.05) is 43.8 Å². The van der Waals surface area contributed by atoms with Crippen LogP contribution in [0.1, 0.15) is 19.8 Å². The third-order valence-corrected chi connectivity index (χ3v) is 4.41. The number of nitrogens with one attached hydrogen (secondary N) is 2. The number of ether oxygens (including phenoxy) is 1. The largest absolute Gasteiger partial charge is 0.481 e. The highest BCUT2D eigenvalue weighted by Crippen LogP contribution is 2.27. The molecule has 2 aliphatic heterocycles. The van der Waals surface area contributed by atoms with Gasteiger partial charge in [-0.25, -0.2) is 4.79 Å². The highest BCUT2D eigenvalue weighted by molar-refractivity contribution is 6.30. The van der Waals surface area contributed by atoms with Crippen LogP contribution >= 0.6 is 11.6 Å². The molecule has 0 aliphatic carbocycles. The summed E-state index contributed by atoms with van der Waals surface area (Å²) in [5.74, 6) is -0.833. The fourth-order valence-corrected chi connectivity index (χ4v) is 3.10. The molecule has 138 valence electrons. The van der Waals surface area contributed by atoms with Gasteiger partial charge in [-0.3, -0.25) is 4.79 Å². The Morgan fingerprint density at radius 2 is 2.04 bits per heavy atom. The highest BCUT2D eigenvalue weighted by Gasteiger charge is 2.38. The van der Waals surface area contributed by atoms with Gasteiger partial charge in [0.25, 0.3) is 5.97 Å². The van der Waals surface area contributed by atoms with Gasteiger partial charge in [0.05, 0.1) is 12.2 Å². The number of hydrogen-bond acceptors (Lipinski definition) is 4. The van der Waals surface area contributed by atoms with E-state index in [0.717, 1.165) is 45.1 Å². The summed E-state index contributed by atoms with van der Waals surface area (Å²) in [4.78, 5) is 23.1. The van der Waals surface area contributed by atoms with Crippen LogP contribution in [-0.2, 0) is 9.53 Å². The van der Waals surface area contributed by atoms with Crippen LogP contribution in [-0.4, -0.2) is 60.4 Å². The topological polar surface area (TPSA) is 90.9 Å². The SMILES string of the molecule is CC(=O)O.O=C(Nc1cccc(Cl)c1)N1CCC2(CC1)CNCCO2. The van der Waals surface area contributed by atoms with Crippen molar-refractivity contribution in [1.29, 1.82) is 0 Å². The average molecular weight is 370 g/mol. The lowest BCUT2D eigenvalue weighted by Crippen LogP contribution is -2.56. The van der Waals surface area contributed by atoms with Crippen LogP contribution in [0.3, 0.4) is 0 Å². The smallest absolute Gasteiger partial charge is 0.321 e. The molecule has 2 amide bonds. The molecule has 3 N–H and O–H groups in total. The van der Waals surface area contributed by atoms with Crippen LogP contribution in [0, 0.1) is 0 Å². The summed E-state index contributed by atoms with van der Waals surface area (Å²) in [5.41, 5.74) is 0.647. The number of carboxylic acids is 1. The number of urea groups is 1. The molecule has 1 aromatic carbocycles. The number of piperidine rings is 1. The van der Waals surface area contributed by atoms with Crippen molar-refractivity contribution in [2.45, 2.75) is 25.4 Å². The quantitative estimate of drug-likeness (QED) is 0.707. The van der Waals surface area contributed by atoms with Gasteiger partial charge in [-0.1, -0.05) is 17.7 Å². The van der Waals surface area contributed by atoms with Gasteiger partial charge in [0.2, 0.25) is 0 Å². The van der Waals surface area contributed by atoms with Crippen molar-refractivity contribution in [1.82, 2.24) is 10.2 Å². The number of halogens is 1. The summed E-state index contributed by atoms with van der Waals surface area (Å²) in [5, 5.41) is 14.3. The van der Waals surface area contributed by atoms with Gasteiger partial charge in [-0.15, -0.1) is 0 Å². The van der Waals surface area contributed by atoms with E-state index in [0.29, 0.717) is 18.1 Å². The number of carbonyl (C=O) groups excluding carboxylic acids is 1. The summed E-state index contributed by atoms with van der Waals surface area (Å²) in [6.07, 6.45) is 1.76. The van der Waals surface area contributed by atoms with Crippen molar-refractivity contribution in [2.24, 2.45) is 0 Å². The number of hydrogen-bond donors (Lipinski definition) is 3. The summed E-state index contributed by atoms with van der Waals surface area (Å²) >= 11 is 5.92. The Morgan fingerprint density at radius 3 is 2.60 bits per heavy atom. The maximum absolute atomic E-state index is 12.3. The minimum atomic E-state index is -0.833. The molecule has 0 unspecified atom stereocenters. The Kier molecular flexibility index (Phi) is 7.04. The normalized spacial score (nSPS) is 18.9. The molecule has 0 radical (unpaired) electrons. The molecule has 7 nitrogen and oxygen atoms in total. The van der Waals surface area contributed by atoms with E-state index in [9.17, 15) is 4.79 Å². The molecule has 25 heavy (non-hydrogen) atoms. The Hall–Kier alpha value is -1.83. The van der Waals surface area contributed by atoms with E-state index >= 15 is 0 Å². The lowest BCUT2D eigenvalue weighted by Gasteiger charge is -2.44. The molecule has 0 atom stereocenters. The van der Waals surface area contributed by atoms with E-state index in [4.69, 9.17) is 26.2 Å². The first kappa shape index (κ1) is 19.5. The molecule has 2 heterocycles. The molecule has 3 rings (SSSR count). The maximum atomic E-state index is 12.3. The van der Waals surface area contributed by atoms with Gasteiger partial charge in [0.15, 0.2) is 0 Å². The monoisotopic (exact) mass is 369 g/mol. The standard InChI is InChI=1S/C15H20ClN3O2.C2H4O2/c16-12-2-1-3-13(10-12)18-14(20)19-7-4-15(5-8-19)11-17-6-9-21-15;1-2(3)4/h1-3,10,17H,4-9,11H2,(H,18,20);1H3,(H,3,4). The van der Waals surface area contributed by atoms with E-state index in [1.807, 2.05) is 17.0 Å². The van der Waals surface area contributed by atoms with E-state index in [-0.39, 0.29) is 11.6 Å². The Bertz CT molecular complexity index is 591. The molecule has 8 heteroatoms. The Balaban J connectivity index is 0.000000511. The number of rotatable bonds is 1. The maximum Gasteiger partial charge on any atom is 0.321 e. The zero-order valence-corrected chi connectivity index (χ0v) is 15.0. The Labute approximate surface area is 152 Å². The summed E-state index contributed by atoms with van der Waals surface area (Å²) in [7, 11) is 0. The van der Waals surface area contributed by atoms with Crippen molar-refractivity contribution in [3.05, 3.63) is 29.3 Å². The molecule has 1 aromatic rings. The van der Waals surface area contributed by atoms with Gasteiger partial charge in [0.1, 0.15) is 0 Å². The number of nitrogens with zero attached hydrogens (tertiary/aromatic N) is 1. The van der Waals surface area contributed by atoms with E-state index in [2.05, 4.69) is 10.6 Å². The molecular weight excluding hydrogens is 346 g/mol. The zero-order valence-electron chi connectivity index (χ0n) is 14.3. The Morgan fingerprint density at radius 1 is 1.36 bits per heavy atom. The lowest BCUT2D eigenvalue weighted by molar-refractivity contribution is -0.134. The van der Waals surface area contributed by atoms with Crippen molar-refractivity contribution in [2.75, 3.05) is 38.1 Å². The van der Waals surface area contributed by atoms with Crippen molar-refractivity contribution in [3.8, 4) is 0 Å². The minimum Gasteiger partial charge on any atom is -0.481 e. The van der Waals surface area contributed by atoms with Crippen LogP contribution < -0.4 is 10.6 Å². The van der Waals surface area contributed by atoms with Crippen LogP contribution in [0.2, 0.25) is 5.02 Å². The van der Waals surface area contributed by atoms with Gasteiger partial charge < -0.3 is 25.4 Å². The second-order valence-electron chi connectivity index (χ2n) is 6.15. The molecular formula is C17H24ClN3O4. The molecule has 1 spiro atoms. The lowest BCUT2D eigenvalue weighted by atomic mass is 9.90. The fraction of sp³-hybridized carbons (Fsp3) is 0.529. The first-order valence-electron chi connectivity index (χ1n) is 8.26. The number of benzene rings is 1. The first-order valence-corrected chi connectivity index (χ1v) is 8.64. The molecule has 0 saturated carbocycles. The number of carboxylic acid groups (broad SMARTS) is 1. The number of anilines is 1. The summed E-state index contributed by atoms with van der Waals surface area (Å²) in [6.45, 7) is 5.08. The zero-order chi connectivity index (χ0) is 18.3. The fourth-order valence-electron chi connectivity index (χ4n) is 2.91. The van der Waals surface area contributed by atoms with Crippen molar-refractivity contribution < 1.29 is 19.4 Å². The number of morpholine rings is 1. The van der Waals surface area contributed by atoms with Crippen LogP contribution in [0.25, 0.3) is 0 Å². The first-order chi connectivity index (χ1) is 11.9. The number of amides is 2. The predicted molar refractivity (Wildman–Crippen MR) is 96.1 cm³/mol. The molecule has 0 bridgehead atoms. The van der Waals surface area contributed by atoms with E-state index < -0.39 is 5.97 Å². The third-order valence-electron chi connectivity index (χ3n) is 4.17. The molecule has 2 saturated heterocycles. The van der Waals surface area contributed by atoms with Crippen LogP contribution in [0.5, 0.6) is 0 Å². The van der Waals surface area contributed by atoms with Crippen molar-refractivity contribution in [3.63, 3.8) is 0 Å². The van der Waals surface area contributed by atoms with Crippen molar-refractivity contribution >= 4 is 29.3 Å². The molecule has 0 aromatic heterocycles. The summed E-state index contributed by atoms with van der Waals surface area (Å²) < 4.78 is 5.93. The minimum absolute atomic E-state index is 0.0733. The van der Waals surface area contributed by atoms with Crippen LogP contribution in [0.15, 0.2) is 24.3 Å². The summed E-state index contributed by atoms with van der Waals surface area (Å²) in [6, 6.07) is 7.12. The number of aliphatic carboxylic acids is 1. The predicted octanol–water partition coefficient (Wildman–Crippen LogP) is 2.42. The van der Waals surface area contributed by atoms with E-state index in [1.165, 1.54) is 0 Å².